The topological polar surface area (TPSA) is 114 Å². The molecule has 0 radical (unpaired) electrons. The van der Waals surface area contributed by atoms with E-state index in [1.165, 1.54) is 11.1 Å². The number of esters is 1. The Hall–Kier alpha value is -4.46. The number of aromatic amines is 2. The predicted molar refractivity (Wildman–Crippen MR) is 204 cm³/mol. The van der Waals surface area contributed by atoms with Gasteiger partial charge in [0.15, 0.2) is 5.78 Å². The first-order valence-corrected chi connectivity index (χ1v) is 19.5. The number of benzene rings is 1. The molecule has 1 aromatic carbocycles. The smallest absolute Gasteiger partial charge is 0.311 e. The van der Waals surface area contributed by atoms with E-state index in [9.17, 15) is 14.4 Å². The molecule has 1 aliphatic heterocycles. The Morgan fingerprint density at radius 3 is 2.56 bits per heavy atom. The van der Waals surface area contributed by atoms with Gasteiger partial charge >= 0.3 is 5.97 Å². The number of aryl methyl sites for hydroxylation is 2. The maximum Gasteiger partial charge on any atom is 0.311 e. The molecule has 4 atom stereocenters. The van der Waals surface area contributed by atoms with Gasteiger partial charge in [0.2, 0.25) is 0 Å². The number of rotatable bonds is 14. The van der Waals surface area contributed by atoms with Gasteiger partial charge in [0.25, 0.3) is 0 Å². The second-order valence-electron chi connectivity index (χ2n) is 15.7. The van der Waals surface area contributed by atoms with Gasteiger partial charge in [-0.05, 0) is 124 Å². The third kappa shape index (κ3) is 7.13. The average molecular weight is 704 g/mol. The number of methoxy groups -OCH3 is 1. The second-order valence-corrected chi connectivity index (χ2v) is 15.7. The first-order chi connectivity index (χ1) is 25.2. The molecule has 0 saturated heterocycles. The molecule has 52 heavy (non-hydrogen) atoms. The highest BCUT2D eigenvalue weighted by molar-refractivity contribution is 6.11. The van der Waals surface area contributed by atoms with Crippen LogP contribution in [0.4, 0.5) is 0 Å². The van der Waals surface area contributed by atoms with Gasteiger partial charge < -0.3 is 19.4 Å². The van der Waals surface area contributed by atoms with Crippen LogP contribution in [-0.4, -0.2) is 40.3 Å². The zero-order valence-electron chi connectivity index (χ0n) is 31.2. The largest absolute Gasteiger partial charge is 0.494 e. The van der Waals surface area contributed by atoms with Crippen LogP contribution in [0.3, 0.4) is 0 Å². The number of carbonyl (C=O) groups excluding carboxylic acids is 3. The summed E-state index contributed by atoms with van der Waals surface area (Å²) in [6.07, 6.45) is 18.4. The Morgan fingerprint density at radius 2 is 1.79 bits per heavy atom. The van der Waals surface area contributed by atoms with Gasteiger partial charge in [0.1, 0.15) is 23.0 Å². The van der Waals surface area contributed by atoms with E-state index in [2.05, 4.69) is 29.0 Å². The van der Waals surface area contributed by atoms with Crippen LogP contribution in [0.1, 0.15) is 140 Å². The average Bonchev–Trinajstić information content (AvgIpc) is 3.92. The highest BCUT2D eigenvalue weighted by atomic mass is 16.5. The van der Waals surface area contributed by atoms with E-state index < -0.39 is 0 Å². The number of Topliss-reactive ketones (excluding diaryl/α,β-unsaturated/α-hetero) is 2. The molecule has 7 rings (SSSR count). The fourth-order valence-electron chi connectivity index (χ4n) is 9.75. The van der Waals surface area contributed by atoms with Crippen LogP contribution in [0.15, 0.2) is 59.1 Å². The number of aromatic nitrogens is 2. The number of ether oxygens (including phenoxy) is 2. The highest BCUT2D eigenvalue weighted by Crippen LogP contribution is 2.59. The van der Waals surface area contributed by atoms with Crippen molar-refractivity contribution in [3.8, 4) is 5.75 Å². The Balaban J connectivity index is 0.813. The van der Waals surface area contributed by atoms with Crippen LogP contribution in [0, 0.1) is 31.1 Å². The van der Waals surface area contributed by atoms with E-state index >= 15 is 0 Å². The number of H-pyrrole nitrogens is 2. The van der Waals surface area contributed by atoms with E-state index in [-0.39, 0.29) is 17.2 Å². The van der Waals surface area contributed by atoms with Crippen LogP contribution in [-0.2, 0) is 20.7 Å². The molecule has 0 amide bonds. The van der Waals surface area contributed by atoms with Gasteiger partial charge in [-0.25, -0.2) is 4.99 Å². The molecule has 2 fully saturated rings. The van der Waals surface area contributed by atoms with Crippen molar-refractivity contribution in [1.29, 1.82) is 0 Å². The summed E-state index contributed by atoms with van der Waals surface area (Å²) in [5.74, 6) is 3.47. The van der Waals surface area contributed by atoms with Gasteiger partial charge in [-0.2, -0.15) is 0 Å². The molecule has 8 nitrogen and oxygen atoms in total. The van der Waals surface area contributed by atoms with E-state index in [0.29, 0.717) is 47.9 Å². The number of fused-ring (bicyclic) bond motifs is 5. The number of aliphatic imine (C=N–C) groups is 1. The van der Waals surface area contributed by atoms with Crippen molar-refractivity contribution >= 4 is 29.3 Å². The third-order valence-corrected chi connectivity index (χ3v) is 12.6. The standard InChI is InChI=1S/C44H53N3O5/c1-27-36(25-38-40(51-4)26-37(47-38)35-12-11-23-45-35)46-28(2)43(27)39(48)13-9-7-5-6-8-10-14-42(50)52-30-16-18-31-29(24-30)15-17-33-32(31)21-22-44(3)34(33)19-20-41(44)49/h11-12,16,18,23-26,32-34,45-46H,5-10,13-15,17,19-22H2,1-4H3/b38-25-/t32-,33-,34+,44+/m1/s1. The number of nitrogens with one attached hydrogen (secondary N) is 2. The minimum absolute atomic E-state index is 0.105. The van der Waals surface area contributed by atoms with E-state index in [4.69, 9.17) is 14.5 Å². The van der Waals surface area contributed by atoms with Crippen molar-refractivity contribution in [2.75, 3.05) is 7.11 Å². The van der Waals surface area contributed by atoms with Crippen molar-refractivity contribution in [1.82, 2.24) is 9.97 Å². The molecule has 0 unspecified atom stereocenters. The molecule has 2 saturated carbocycles. The number of ketones is 2. The molecule has 0 bridgehead atoms. The summed E-state index contributed by atoms with van der Waals surface area (Å²) in [7, 11) is 1.64. The van der Waals surface area contributed by atoms with Crippen LogP contribution in [0.2, 0.25) is 0 Å². The van der Waals surface area contributed by atoms with E-state index in [1.807, 2.05) is 50.4 Å². The first kappa shape index (κ1) is 35.9. The van der Waals surface area contributed by atoms with Gasteiger partial charge in [0.05, 0.1) is 18.5 Å². The van der Waals surface area contributed by atoms with E-state index in [1.54, 1.807) is 7.11 Å². The van der Waals surface area contributed by atoms with Crippen molar-refractivity contribution in [2.45, 2.75) is 117 Å². The number of hydrogen-bond donors (Lipinski definition) is 2. The Morgan fingerprint density at radius 1 is 1.00 bits per heavy atom. The zero-order chi connectivity index (χ0) is 36.4. The minimum Gasteiger partial charge on any atom is -0.494 e. The van der Waals surface area contributed by atoms with Gasteiger partial charge in [-0.15, -0.1) is 0 Å². The Labute approximate surface area is 307 Å². The van der Waals surface area contributed by atoms with Crippen molar-refractivity contribution in [3.05, 3.63) is 93.4 Å². The SMILES string of the molecule is COC1=CC(c2ccc[nH]2)=N/C1=C\c1[nH]c(C)c(C(=O)CCCCCCCCC(=O)Oc2ccc3c(c2)CC[C@@H]2[C@@H]3CC[C@]3(C)C(=O)CC[C@@H]23)c1C. The van der Waals surface area contributed by atoms with Crippen LogP contribution in [0.5, 0.6) is 5.75 Å². The molecule has 0 spiro atoms. The first-order valence-electron chi connectivity index (χ1n) is 19.5. The third-order valence-electron chi connectivity index (χ3n) is 12.6. The van der Waals surface area contributed by atoms with E-state index in [0.717, 1.165) is 117 Å². The number of carbonyl (C=O) groups is 3. The molecular weight excluding hydrogens is 651 g/mol. The number of unbranched alkanes of at least 4 members (excludes halogenated alkanes) is 5. The highest BCUT2D eigenvalue weighted by Gasteiger charge is 2.54. The van der Waals surface area contributed by atoms with Gasteiger partial charge in [-0.1, -0.05) is 38.7 Å². The fraction of sp³-hybridized carbons (Fsp3) is 0.500. The summed E-state index contributed by atoms with van der Waals surface area (Å²) >= 11 is 0. The number of allylic oxidation sites excluding steroid dienone is 1. The second kappa shape index (κ2) is 15.3. The molecule has 274 valence electrons. The lowest BCUT2D eigenvalue weighted by molar-refractivity contribution is -0.134. The molecule has 8 heteroatoms. The van der Waals surface area contributed by atoms with Crippen LogP contribution < -0.4 is 4.74 Å². The molecule has 2 N–H and O–H groups in total. The Bertz CT molecular complexity index is 1930. The Kier molecular flexibility index (Phi) is 10.5. The lowest BCUT2D eigenvalue weighted by atomic mass is 9.55. The summed E-state index contributed by atoms with van der Waals surface area (Å²) in [4.78, 5) is 49.9. The number of hydrogen-bond acceptors (Lipinski definition) is 6. The lowest BCUT2D eigenvalue weighted by Gasteiger charge is -2.48. The van der Waals surface area contributed by atoms with Gasteiger partial charge in [0, 0.05) is 53.9 Å². The fourth-order valence-corrected chi connectivity index (χ4v) is 9.75. The summed E-state index contributed by atoms with van der Waals surface area (Å²) in [6, 6.07) is 10.2. The summed E-state index contributed by atoms with van der Waals surface area (Å²) in [5.41, 5.74) is 8.52. The molecular formula is C44H53N3O5. The van der Waals surface area contributed by atoms with Crippen LogP contribution in [0.25, 0.3) is 6.08 Å². The van der Waals surface area contributed by atoms with Crippen LogP contribution >= 0.6 is 0 Å². The summed E-state index contributed by atoms with van der Waals surface area (Å²) in [5, 5.41) is 0. The normalized spacial score (nSPS) is 24.3. The lowest BCUT2D eigenvalue weighted by Crippen LogP contribution is -2.42. The van der Waals surface area contributed by atoms with Crippen molar-refractivity contribution in [3.63, 3.8) is 0 Å². The molecule has 3 heterocycles. The maximum absolute atomic E-state index is 13.3. The molecule has 3 aromatic rings. The van der Waals surface area contributed by atoms with Gasteiger partial charge in [-0.3, -0.25) is 14.4 Å². The summed E-state index contributed by atoms with van der Waals surface area (Å²) in [6.45, 7) is 6.16. The summed E-state index contributed by atoms with van der Waals surface area (Å²) < 4.78 is 11.4. The molecule has 4 aliphatic rings. The molecule has 2 aromatic heterocycles. The maximum atomic E-state index is 13.3. The minimum atomic E-state index is -0.167. The molecule has 3 aliphatic carbocycles. The number of nitrogens with zero attached hydrogens (tertiary/aromatic N) is 1. The monoisotopic (exact) mass is 703 g/mol. The zero-order valence-corrected chi connectivity index (χ0v) is 31.2. The predicted octanol–water partition coefficient (Wildman–Crippen LogP) is 9.67. The quantitative estimate of drug-likeness (QED) is 0.0751. The van der Waals surface area contributed by atoms with Crippen molar-refractivity contribution in [2.24, 2.45) is 22.2 Å². The van der Waals surface area contributed by atoms with Crippen molar-refractivity contribution < 1.29 is 23.9 Å².